The number of nitrogens with zero attached hydrogens (tertiary/aromatic N) is 1. The van der Waals surface area contributed by atoms with Crippen molar-refractivity contribution in [3.63, 3.8) is 0 Å². The molecule has 1 saturated heterocycles. The molecule has 1 atom stereocenters. The van der Waals surface area contributed by atoms with Crippen LogP contribution in [0.1, 0.15) is 26.7 Å². The third kappa shape index (κ3) is 2.08. The lowest BCUT2D eigenvalue weighted by Crippen LogP contribution is -2.45. The number of likely N-dealkylation sites (tertiary alicyclic amines) is 1. The van der Waals surface area contributed by atoms with E-state index in [1.165, 1.54) is 0 Å². The highest BCUT2D eigenvalue weighted by atomic mass is 16.3. The van der Waals surface area contributed by atoms with Crippen LogP contribution in [-0.2, 0) is 4.79 Å². The molecule has 1 N–H and O–H groups in total. The van der Waals surface area contributed by atoms with Gasteiger partial charge in [-0.3, -0.25) is 4.79 Å². The molecular weight excluding hydrogens is 178 g/mol. The minimum atomic E-state index is -0.698. The highest BCUT2D eigenvalue weighted by molar-refractivity contribution is 5.73. The molecule has 0 radical (unpaired) electrons. The van der Waals surface area contributed by atoms with Crippen LogP contribution >= 0.6 is 0 Å². The SMILES string of the molecule is C#CC(O)C1(C)CCN(C(C)=O)CC1. The maximum absolute atomic E-state index is 11.1. The summed E-state index contributed by atoms with van der Waals surface area (Å²) in [5, 5.41) is 9.63. The zero-order valence-corrected chi connectivity index (χ0v) is 8.79. The lowest BCUT2D eigenvalue weighted by molar-refractivity contribution is -0.131. The van der Waals surface area contributed by atoms with Crippen LogP contribution in [0.25, 0.3) is 0 Å². The molecule has 1 rings (SSSR count). The second-order valence-electron chi connectivity index (χ2n) is 4.23. The maximum atomic E-state index is 11.1. The number of piperidine rings is 1. The predicted octanol–water partition coefficient (Wildman–Crippen LogP) is 0.629. The van der Waals surface area contributed by atoms with Crippen molar-refractivity contribution in [2.24, 2.45) is 5.41 Å². The summed E-state index contributed by atoms with van der Waals surface area (Å²) in [5.41, 5.74) is -0.222. The summed E-state index contributed by atoms with van der Waals surface area (Å²) in [6, 6.07) is 0. The van der Waals surface area contributed by atoms with E-state index >= 15 is 0 Å². The van der Waals surface area contributed by atoms with Crippen molar-refractivity contribution < 1.29 is 9.90 Å². The molecule has 0 aromatic carbocycles. The van der Waals surface area contributed by atoms with Crippen LogP contribution in [0.4, 0.5) is 0 Å². The topological polar surface area (TPSA) is 40.5 Å². The number of hydrogen-bond acceptors (Lipinski definition) is 2. The molecule has 0 aromatic rings. The molecule has 78 valence electrons. The van der Waals surface area contributed by atoms with Gasteiger partial charge in [0.25, 0.3) is 0 Å². The molecule has 1 aliphatic heterocycles. The summed E-state index contributed by atoms with van der Waals surface area (Å²) in [4.78, 5) is 12.9. The van der Waals surface area contributed by atoms with Crippen molar-refractivity contribution in [2.75, 3.05) is 13.1 Å². The summed E-state index contributed by atoms with van der Waals surface area (Å²) >= 11 is 0. The Morgan fingerprint density at radius 2 is 2.07 bits per heavy atom. The van der Waals surface area contributed by atoms with E-state index in [1.54, 1.807) is 11.8 Å². The fourth-order valence-corrected chi connectivity index (χ4v) is 1.81. The van der Waals surface area contributed by atoms with E-state index in [0.29, 0.717) is 13.1 Å². The molecule has 1 fully saturated rings. The average Bonchev–Trinajstić information content (AvgIpc) is 2.17. The van der Waals surface area contributed by atoms with Gasteiger partial charge < -0.3 is 10.0 Å². The van der Waals surface area contributed by atoms with E-state index in [4.69, 9.17) is 6.42 Å². The van der Waals surface area contributed by atoms with E-state index < -0.39 is 6.10 Å². The second-order valence-corrected chi connectivity index (χ2v) is 4.23. The van der Waals surface area contributed by atoms with Crippen LogP contribution in [0.3, 0.4) is 0 Å². The van der Waals surface area contributed by atoms with E-state index in [-0.39, 0.29) is 11.3 Å². The first-order chi connectivity index (χ1) is 6.49. The maximum Gasteiger partial charge on any atom is 0.219 e. The molecular formula is C11H17NO2. The third-order valence-corrected chi connectivity index (χ3v) is 3.17. The van der Waals surface area contributed by atoms with Crippen molar-refractivity contribution in [2.45, 2.75) is 32.8 Å². The van der Waals surface area contributed by atoms with Crippen LogP contribution in [-0.4, -0.2) is 35.1 Å². The van der Waals surface area contributed by atoms with Crippen molar-refractivity contribution in [3.05, 3.63) is 0 Å². The van der Waals surface area contributed by atoms with Gasteiger partial charge in [-0.1, -0.05) is 12.8 Å². The second kappa shape index (κ2) is 4.02. The van der Waals surface area contributed by atoms with Crippen LogP contribution in [0.2, 0.25) is 0 Å². The van der Waals surface area contributed by atoms with E-state index in [0.717, 1.165) is 12.8 Å². The molecule has 1 aliphatic rings. The Labute approximate surface area is 85.1 Å². The van der Waals surface area contributed by atoms with Crippen molar-refractivity contribution >= 4 is 5.91 Å². The Balaban J connectivity index is 2.58. The molecule has 0 bridgehead atoms. The van der Waals surface area contributed by atoms with E-state index in [1.807, 2.05) is 6.92 Å². The highest BCUT2D eigenvalue weighted by Gasteiger charge is 2.36. The number of carbonyl (C=O) groups is 1. The molecule has 0 aliphatic carbocycles. The first-order valence-electron chi connectivity index (χ1n) is 4.89. The molecule has 1 amide bonds. The van der Waals surface area contributed by atoms with Crippen LogP contribution in [0.15, 0.2) is 0 Å². The van der Waals surface area contributed by atoms with Gasteiger partial charge in [0, 0.05) is 25.4 Å². The summed E-state index contributed by atoms with van der Waals surface area (Å²) < 4.78 is 0. The van der Waals surface area contributed by atoms with Gasteiger partial charge in [0.15, 0.2) is 0 Å². The number of rotatable bonds is 1. The van der Waals surface area contributed by atoms with Gasteiger partial charge in [0.1, 0.15) is 6.10 Å². The standard InChI is InChI=1S/C11H17NO2/c1-4-10(14)11(3)5-7-12(8-6-11)9(2)13/h1,10,14H,5-8H2,2-3H3. The minimum absolute atomic E-state index is 0.0993. The molecule has 0 spiro atoms. The zero-order chi connectivity index (χ0) is 10.8. The number of hydrogen-bond donors (Lipinski definition) is 1. The Morgan fingerprint density at radius 3 is 2.43 bits per heavy atom. The normalized spacial score (nSPS) is 22.6. The summed E-state index contributed by atoms with van der Waals surface area (Å²) in [6.07, 6.45) is 6.06. The number of aliphatic hydroxyl groups is 1. The molecule has 1 heterocycles. The quantitative estimate of drug-likeness (QED) is 0.623. The average molecular weight is 195 g/mol. The fraction of sp³-hybridized carbons (Fsp3) is 0.727. The summed E-state index contributed by atoms with van der Waals surface area (Å²) in [6.45, 7) is 4.95. The van der Waals surface area contributed by atoms with Gasteiger partial charge in [0.2, 0.25) is 5.91 Å². The fourth-order valence-electron chi connectivity index (χ4n) is 1.81. The Morgan fingerprint density at radius 1 is 1.57 bits per heavy atom. The smallest absolute Gasteiger partial charge is 0.219 e. The zero-order valence-electron chi connectivity index (χ0n) is 8.79. The lowest BCUT2D eigenvalue weighted by Gasteiger charge is -2.40. The Kier molecular flexibility index (Phi) is 3.17. The first-order valence-corrected chi connectivity index (χ1v) is 4.89. The number of aliphatic hydroxyl groups excluding tert-OH is 1. The van der Waals surface area contributed by atoms with Crippen LogP contribution in [0, 0.1) is 17.8 Å². The molecule has 14 heavy (non-hydrogen) atoms. The van der Waals surface area contributed by atoms with Gasteiger partial charge in [-0.15, -0.1) is 6.42 Å². The number of terminal acetylenes is 1. The number of carbonyl (C=O) groups excluding carboxylic acids is 1. The van der Waals surface area contributed by atoms with Gasteiger partial charge in [-0.25, -0.2) is 0 Å². The molecule has 0 aromatic heterocycles. The van der Waals surface area contributed by atoms with Gasteiger partial charge >= 0.3 is 0 Å². The van der Waals surface area contributed by atoms with Gasteiger partial charge in [-0.2, -0.15) is 0 Å². The summed E-state index contributed by atoms with van der Waals surface area (Å²) in [5.74, 6) is 2.47. The summed E-state index contributed by atoms with van der Waals surface area (Å²) in [7, 11) is 0. The minimum Gasteiger partial charge on any atom is -0.380 e. The molecule has 3 heteroatoms. The molecule has 0 saturated carbocycles. The largest absolute Gasteiger partial charge is 0.380 e. The molecule has 3 nitrogen and oxygen atoms in total. The predicted molar refractivity (Wildman–Crippen MR) is 54.4 cm³/mol. The van der Waals surface area contributed by atoms with Crippen molar-refractivity contribution in [1.82, 2.24) is 4.90 Å². The Bertz CT molecular complexity index is 259. The number of amides is 1. The lowest BCUT2D eigenvalue weighted by atomic mass is 9.76. The van der Waals surface area contributed by atoms with Crippen LogP contribution < -0.4 is 0 Å². The van der Waals surface area contributed by atoms with E-state index in [9.17, 15) is 9.90 Å². The monoisotopic (exact) mass is 195 g/mol. The van der Waals surface area contributed by atoms with Crippen molar-refractivity contribution in [1.29, 1.82) is 0 Å². The van der Waals surface area contributed by atoms with E-state index in [2.05, 4.69) is 5.92 Å². The van der Waals surface area contributed by atoms with Gasteiger partial charge in [0.05, 0.1) is 0 Å². The molecule has 1 unspecified atom stereocenters. The van der Waals surface area contributed by atoms with Crippen LogP contribution in [0.5, 0.6) is 0 Å². The third-order valence-electron chi connectivity index (χ3n) is 3.17. The van der Waals surface area contributed by atoms with Crippen molar-refractivity contribution in [3.8, 4) is 12.3 Å². The highest BCUT2D eigenvalue weighted by Crippen LogP contribution is 2.34. The first kappa shape index (κ1) is 11.1. The van der Waals surface area contributed by atoms with Gasteiger partial charge in [-0.05, 0) is 12.8 Å². The Hall–Kier alpha value is -1.01.